The lowest BCUT2D eigenvalue weighted by atomic mass is 10.0. The first-order valence-electron chi connectivity index (χ1n) is 7.08. The average Bonchev–Trinajstić information content (AvgIpc) is 2.81. The largest absolute Gasteiger partial charge is 0.361 e. The molecule has 0 bridgehead atoms. The van der Waals surface area contributed by atoms with Crippen molar-refractivity contribution in [1.82, 2.24) is 10.3 Å². The van der Waals surface area contributed by atoms with E-state index in [1.54, 1.807) is 13.8 Å². The molecule has 2 rings (SSSR count). The molecule has 2 aromatic rings. The molecule has 0 aliphatic heterocycles. The molecule has 4 nitrogen and oxygen atoms in total. The van der Waals surface area contributed by atoms with Crippen LogP contribution in [0.2, 0.25) is 0 Å². The predicted octanol–water partition coefficient (Wildman–Crippen LogP) is 2.13. The number of carbonyl (C=O) groups excluding carboxylic acids is 1. The molecule has 1 aromatic heterocycles. The highest BCUT2D eigenvalue weighted by atomic mass is 16.2. The van der Waals surface area contributed by atoms with Gasteiger partial charge in [0.1, 0.15) is 0 Å². The minimum atomic E-state index is -0.824. The molecule has 1 aromatic carbocycles. The number of carbonyl (C=O) groups is 1. The molecular weight excluding hydrogens is 250 g/mol. The summed E-state index contributed by atoms with van der Waals surface area (Å²) in [6, 6.07) is 6.34. The first kappa shape index (κ1) is 14.6. The van der Waals surface area contributed by atoms with Gasteiger partial charge in [0, 0.05) is 23.6 Å². The highest BCUT2D eigenvalue weighted by Gasteiger charge is 2.21. The zero-order valence-corrected chi connectivity index (χ0v) is 12.4. The van der Waals surface area contributed by atoms with Crippen molar-refractivity contribution in [2.45, 2.75) is 39.2 Å². The van der Waals surface area contributed by atoms with Crippen LogP contribution >= 0.6 is 0 Å². The molecule has 4 N–H and O–H groups in total. The lowest BCUT2D eigenvalue weighted by Crippen LogP contribution is -2.49. The number of nitrogens with two attached hydrogens (primary N) is 1. The number of H-pyrrole nitrogens is 1. The van der Waals surface area contributed by atoms with Crippen molar-refractivity contribution >= 4 is 16.8 Å². The van der Waals surface area contributed by atoms with E-state index in [1.807, 2.05) is 6.20 Å². The van der Waals surface area contributed by atoms with Gasteiger partial charge in [-0.05, 0) is 37.8 Å². The molecule has 0 aliphatic rings. The Balaban J connectivity index is 2.06. The number of fused-ring (bicyclic) bond motifs is 1. The van der Waals surface area contributed by atoms with Crippen molar-refractivity contribution in [2.75, 3.05) is 6.54 Å². The van der Waals surface area contributed by atoms with E-state index in [0.717, 1.165) is 12.8 Å². The Morgan fingerprint density at radius 2 is 2.10 bits per heavy atom. The number of aromatic nitrogens is 1. The molecule has 4 heteroatoms. The van der Waals surface area contributed by atoms with Gasteiger partial charge in [0.2, 0.25) is 5.91 Å². The van der Waals surface area contributed by atoms with Crippen molar-refractivity contribution in [3.63, 3.8) is 0 Å². The second-order valence-corrected chi connectivity index (χ2v) is 5.73. The molecular formula is C16H23N3O. The van der Waals surface area contributed by atoms with E-state index in [0.29, 0.717) is 6.54 Å². The number of hydrogen-bond donors (Lipinski definition) is 3. The van der Waals surface area contributed by atoms with Crippen molar-refractivity contribution in [2.24, 2.45) is 5.73 Å². The zero-order valence-electron chi connectivity index (χ0n) is 12.4. The fourth-order valence-electron chi connectivity index (χ4n) is 2.32. The summed E-state index contributed by atoms with van der Waals surface area (Å²) in [6.07, 6.45) is 3.84. The van der Waals surface area contributed by atoms with E-state index in [-0.39, 0.29) is 5.91 Å². The van der Waals surface area contributed by atoms with Gasteiger partial charge in [0.15, 0.2) is 0 Å². The van der Waals surface area contributed by atoms with Gasteiger partial charge in [0.25, 0.3) is 0 Å². The van der Waals surface area contributed by atoms with E-state index < -0.39 is 5.54 Å². The summed E-state index contributed by atoms with van der Waals surface area (Å²) in [7, 11) is 0. The van der Waals surface area contributed by atoms with Crippen LogP contribution in [0.1, 0.15) is 31.9 Å². The third-order valence-corrected chi connectivity index (χ3v) is 3.53. The number of hydrogen-bond acceptors (Lipinski definition) is 2. The normalized spacial score (nSPS) is 11.8. The monoisotopic (exact) mass is 273 g/mol. The van der Waals surface area contributed by atoms with Gasteiger partial charge >= 0.3 is 0 Å². The number of benzene rings is 1. The predicted molar refractivity (Wildman–Crippen MR) is 82.7 cm³/mol. The maximum atomic E-state index is 11.7. The third kappa shape index (κ3) is 3.02. The molecule has 0 atom stereocenters. The van der Waals surface area contributed by atoms with Gasteiger partial charge in [-0.1, -0.05) is 25.1 Å². The SMILES string of the molecule is CCc1cccc2c(CCNC(=O)C(C)(C)N)c[nH]c12. The highest BCUT2D eigenvalue weighted by molar-refractivity contribution is 5.87. The Kier molecular flexibility index (Phi) is 4.14. The minimum Gasteiger partial charge on any atom is -0.361 e. The van der Waals surface area contributed by atoms with Crippen molar-refractivity contribution in [3.8, 4) is 0 Å². The maximum absolute atomic E-state index is 11.7. The first-order valence-corrected chi connectivity index (χ1v) is 7.08. The fourth-order valence-corrected chi connectivity index (χ4v) is 2.32. The number of aryl methyl sites for hydroxylation is 1. The van der Waals surface area contributed by atoms with Gasteiger partial charge in [-0.15, -0.1) is 0 Å². The summed E-state index contributed by atoms with van der Waals surface area (Å²) < 4.78 is 0. The van der Waals surface area contributed by atoms with Crippen LogP contribution in [0.3, 0.4) is 0 Å². The molecule has 1 heterocycles. The van der Waals surface area contributed by atoms with Crippen LogP contribution in [0, 0.1) is 0 Å². The van der Waals surface area contributed by atoms with Gasteiger partial charge in [-0.2, -0.15) is 0 Å². The standard InChI is InChI=1S/C16H23N3O/c1-4-11-6-5-7-13-12(10-19-14(11)13)8-9-18-15(20)16(2,3)17/h5-7,10,19H,4,8-9,17H2,1-3H3,(H,18,20). The van der Waals surface area contributed by atoms with Gasteiger partial charge in [-0.3, -0.25) is 4.79 Å². The number of rotatable bonds is 5. The Morgan fingerprint density at radius 1 is 1.35 bits per heavy atom. The van der Waals surface area contributed by atoms with E-state index in [4.69, 9.17) is 5.73 Å². The van der Waals surface area contributed by atoms with Crippen molar-refractivity contribution in [3.05, 3.63) is 35.5 Å². The Bertz CT molecular complexity index is 608. The third-order valence-electron chi connectivity index (χ3n) is 3.53. The fraction of sp³-hybridized carbons (Fsp3) is 0.438. The highest BCUT2D eigenvalue weighted by Crippen LogP contribution is 2.22. The Morgan fingerprint density at radius 3 is 2.75 bits per heavy atom. The summed E-state index contributed by atoms with van der Waals surface area (Å²) in [5.41, 5.74) is 8.68. The number of aromatic amines is 1. The Labute approximate surface area is 119 Å². The lowest BCUT2D eigenvalue weighted by Gasteiger charge is -2.17. The van der Waals surface area contributed by atoms with Crippen LogP contribution in [0.25, 0.3) is 10.9 Å². The van der Waals surface area contributed by atoms with Crippen molar-refractivity contribution in [1.29, 1.82) is 0 Å². The molecule has 0 spiro atoms. The number of nitrogens with one attached hydrogen (secondary N) is 2. The van der Waals surface area contributed by atoms with Crippen LogP contribution in [-0.4, -0.2) is 23.0 Å². The molecule has 0 radical (unpaired) electrons. The average molecular weight is 273 g/mol. The van der Waals surface area contributed by atoms with Crippen LogP contribution in [0.15, 0.2) is 24.4 Å². The van der Waals surface area contributed by atoms with Gasteiger partial charge < -0.3 is 16.0 Å². The maximum Gasteiger partial charge on any atom is 0.239 e. The van der Waals surface area contributed by atoms with E-state index in [9.17, 15) is 4.79 Å². The summed E-state index contributed by atoms with van der Waals surface area (Å²) >= 11 is 0. The number of amides is 1. The van der Waals surface area contributed by atoms with E-state index >= 15 is 0 Å². The first-order chi connectivity index (χ1) is 9.43. The lowest BCUT2D eigenvalue weighted by molar-refractivity contribution is -0.125. The summed E-state index contributed by atoms with van der Waals surface area (Å²) in [6.45, 7) is 6.17. The van der Waals surface area contributed by atoms with Gasteiger partial charge in [-0.25, -0.2) is 0 Å². The molecule has 0 aliphatic carbocycles. The second-order valence-electron chi connectivity index (χ2n) is 5.73. The van der Waals surface area contributed by atoms with E-state index in [2.05, 4.69) is 35.4 Å². The molecule has 0 saturated heterocycles. The van der Waals surface area contributed by atoms with Crippen LogP contribution in [-0.2, 0) is 17.6 Å². The van der Waals surface area contributed by atoms with Crippen molar-refractivity contribution < 1.29 is 4.79 Å². The molecule has 0 fully saturated rings. The summed E-state index contributed by atoms with van der Waals surface area (Å²) in [4.78, 5) is 15.1. The topological polar surface area (TPSA) is 70.9 Å². The molecule has 1 amide bonds. The molecule has 0 unspecified atom stereocenters. The summed E-state index contributed by atoms with van der Waals surface area (Å²) in [5, 5.41) is 4.12. The Hall–Kier alpha value is -1.81. The van der Waals surface area contributed by atoms with Crippen LogP contribution < -0.4 is 11.1 Å². The zero-order chi connectivity index (χ0) is 14.8. The van der Waals surface area contributed by atoms with Gasteiger partial charge in [0.05, 0.1) is 5.54 Å². The molecule has 0 saturated carbocycles. The van der Waals surface area contributed by atoms with Crippen LogP contribution in [0.4, 0.5) is 0 Å². The van der Waals surface area contributed by atoms with Crippen LogP contribution in [0.5, 0.6) is 0 Å². The quantitative estimate of drug-likeness (QED) is 0.781. The summed E-state index contributed by atoms with van der Waals surface area (Å²) in [5.74, 6) is -0.119. The minimum absolute atomic E-state index is 0.119. The molecule has 108 valence electrons. The second kappa shape index (κ2) is 5.67. The molecule has 20 heavy (non-hydrogen) atoms. The number of para-hydroxylation sites is 1. The smallest absolute Gasteiger partial charge is 0.239 e. The van der Waals surface area contributed by atoms with E-state index in [1.165, 1.54) is 22.0 Å².